The molecule has 0 spiro atoms. The lowest BCUT2D eigenvalue weighted by Crippen LogP contribution is -1.62. The van der Waals surface area contributed by atoms with Crippen LogP contribution >= 0.6 is 0 Å². The van der Waals surface area contributed by atoms with E-state index >= 15 is 0 Å². The molecule has 1 rings (SSSR count). The van der Waals surface area contributed by atoms with Gasteiger partial charge in [0.05, 0.1) is 0 Å². The molecule has 0 unspecified atom stereocenters. The Morgan fingerprint density at radius 3 is 2.80 bits per heavy atom. The molecule has 0 saturated heterocycles. The van der Waals surface area contributed by atoms with E-state index in [2.05, 4.69) is 4.99 Å². The van der Waals surface area contributed by atoms with Crippen LogP contribution in [-0.2, 0) is 0 Å². The Morgan fingerprint density at radius 2 is 2.60 bits per heavy atom. The van der Waals surface area contributed by atoms with Crippen LogP contribution in [0.1, 0.15) is 12.8 Å². The second kappa shape index (κ2) is 1.20. The van der Waals surface area contributed by atoms with Crippen LogP contribution in [0.2, 0.25) is 0 Å². The van der Waals surface area contributed by atoms with Crippen molar-refractivity contribution >= 4 is 6.21 Å². The second-order valence-electron chi connectivity index (χ2n) is 1.23. The van der Waals surface area contributed by atoms with Crippen LogP contribution in [0.5, 0.6) is 0 Å². The van der Waals surface area contributed by atoms with Crippen LogP contribution in [0.15, 0.2) is 4.99 Å². The van der Waals surface area contributed by atoms with E-state index < -0.39 is 0 Å². The first kappa shape index (κ1) is 2.88. The average Bonchev–Trinajstić information content (AvgIpc) is 1.76. The molecular weight excluding hydrogens is 64.0 g/mol. The summed E-state index contributed by atoms with van der Waals surface area (Å²) in [5.74, 6) is 0. The molecule has 0 saturated carbocycles. The van der Waals surface area contributed by atoms with Crippen molar-refractivity contribution in [3.63, 3.8) is 0 Å². The highest BCUT2D eigenvalue weighted by Gasteiger charge is 1.85. The Hall–Kier alpha value is -0.330. The predicted octanol–water partition coefficient (Wildman–Crippen LogP) is 0.851. The zero-order valence-corrected chi connectivity index (χ0v) is 3.15. The van der Waals surface area contributed by atoms with Crippen molar-refractivity contribution in [1.82, 2.24) is 0 Å². The summed E-state index contributed by atoms with van der Waals surface area (Å²) in [6, 6.07) is 0. The van der Waals surface area contributed by atoms with E-state index in [1.807, 2.05) is 6.21 Å². The fourth-order valence-electron chi connectivity index (χ4n) is 0.456. The quantitative estimate of drug-likeness (QED) is 0.401. The number of aliphatic imine (C=N–C) groups is 1. The zero-order chi connectivity index (χ0) is 3.54. The standard InChI is InChI=1S/C4H7N/c1-2-4-5-3-1/h3H,1-2,4H2/i3+2. The summed E-state index contributed by atoms with van der Waals surface area (Å²) in [4.78, 5) is 3.96. The predicted molar refractivity (Wildman–Crippen MR) is 22.6 cm³/mol. The molecule has 5 heavy (non-hydrogen) atoms. The van der Waals surface area contributed by atoms with Gasteiger partial charge in [-0.3, -0.25) is 4.99 Å². The Labute approximate surface area is 31.7 Å². The van der Waals surface area contributed by atoms with Gasteiger partial charge in [-0.2, -0.15) is 0 Å². The highest BCUT2D eigenvalue weighted by atomic mass is 15.1. The SMILES string of the molecule is C1C[14CH]=NC1. The maximum Gasteiger partial charge on any atom is 0.0388 e. The summed E-state index contributed by atoms with van der Waals surface area (Å²) < 4.78 is 0. The van der Waals surface area contributed by atoms with Gasteiger partial charge in [0.25, 0.3) is 0 Å². The normalized spacial score (nSPS) is 20.8. The first-order valence-electron chi connectivity index (χ1n) is 1.98. The minimum Gasteiger partial charge on any atom is -0.298 e. The van der Waals surface area contributed by atoms with Gasteiger partial charge >= 0.3 is 0 Å². The number of nitrogens with zero attached hydrogens (tertiary/aromatic N) is 1. The molecular formula is C4H7N. The zero-order valence-electron chi connectivity index (χ0n) is 3.15. The fraction of sp³-hybridized carbons (Fsp3) is 0.750. The van der Waals surface area contributed by atoms with E-state index in [9.17, 15) is 0 Å². The summed E-state index contributed by atoms with van der Waals surface area (Å²) in [6.45, 7) is 1.07. The molecule has 0 amide bonds. The van der Waals surface area contributed by atoms with Crippen molar-refractivity contribution in [3.05, 3.63) is 0 Å². The third kappa shape index (κ3) is 0.469. The lowest BCUT2D eigenvalue weighted by molar-refractivity contribution is 0.952. The maximum absolute atomic E-state index is 3.96. The van der Waals surface area contributed by atoms with Crippen LogP contribution in [-0.4, -0.2) is 12.8 Å². The molecule has 1 aliphatic heterocycles. The molecule has 1 heterocycles. The molecule has 0 radical (unpaired) electrons. The van der Waals surface area contributed by atoms with E-state index in [1.54, 1.807) is 0 Å². The molecule has 0 atom stereocenters. The summed E-state index contributed by atoms with van der Waals surface area (Å²) in [5.41, 5.74) is 0. The minimum absolute atomic E-state index is 1.07. The van der Waals surface area contributed by atoms with Crippen LogP contribution in [0.25, 0.3) is 0 Å². The van der Waals surface area contributed by atoms with E-state index in [0.717, 1.165) is 6.54 Å². The number of hydrogen-bond acceptors (Lipinski definition) is 1. The third-order valence-electron chi connectivity index (χ3n) is 0.750. The van der Waals surface area contributed by atoms with Gasteiger partial charge in [0.2, 0.25) is 0 Å². The monoisotopic (exact) mass is 71.1 g/mol. The lowest BCUT2D eigenvalue weighted by atomic mass is 10.5. The van der Waals surface area contributed by atoms with Gasteiger partial charge in [-0.05, 0) is 19.1 Å². The Bertz CT molecular complexity index is 41.6. The van der Waals surface area contributed by atoms with Crippen molar-refractivity contribution in [1.29, 1.82) is 0 Å². The summed E-state index contributed by atoms with van der Waals surface area (Å²) in [6.07, 6.45) is 4.47. The van der Waals surface area contributed by atoms with Crippen molar-refractivity contribution in [3.8, 4) is 0 Å². The molecule has 0 aromatic heterocycles. The van der Waals surface area contributed by atoms with E-state index in [0.29, 0.717) is 0 Å². The third-order valence-corrected chi connectivity index (χ3v) is 0.750. The molecule has 0 fully saturated rings. The van der Waals surface area contributed by atoms with Gasteiger partial charge < -0.3 is 0 Å². The van der Waals surface area contributed by atoms with Gasteiger partial charge in [0.15, 0.2) is 0 Å². The molecule has 1 nitrogen and oxygen atoms in total. The van der Waals surface area contributed by atoms with Crippen LogP contribution in [0.4, 0.5) is 0 Å². The molecule has 0 aliphatic carbocycles. The van der Waals surface area contributed by atoms with Gasteiger partial charge in [-0.25, -0.2) is 0 Å². The summed E-state index contributed by atoms with van der Waals surface area (Å²) >= 11 is 0. The van der Waals surface area contributed by atoms with Crippen molar-refractivity contribution in [2.45, 2.75) is 12.8 Å². The number of hydrogen-bond donors (Lipinski definition) is 0. The Balaban J connectivity index is 2.32. The van der Waals surface area contributed by atoms with Gasteiger partial charge in [0, 0.05) is 6.54 Å². The van der Waals surface area contributed by atoms with Crippen LogP contribution in [0.3, 0.4) is 0 Å². The average molecular weight is 71.1 g/mol. The molecule has 28 valence electrons. The molecule has 1 aliphatic rings. The molecule has 0 N–H and O–H groups in total. The minimum atomic E-state index is 1.07. The Kier molecular flexibility index (Phi) is 0.692. The largest absolute Gasteiger partial charge is 0.298 e. The molecule has 1 heteroatoms. The smallest absolute Gasteiger partial charge is 0.0388 e. The van der Waals surface area contributed by atoms with E-state index in [-0.39, 0.29) is 0 Å². The highest BCUT2D eigenvalue weighted by molar-refractivity contribution is 5.58. The summed E-state index contributed by atoms with van der Waals surface area (Å²) in [5, 5.41) is 0. The molecule has 0 aromatic carbocycles. The van der Waals surface area contributed by atoms with Crippen LogP contribution < -0.4 is 0 Å². The first-order chi connectivity index (χ1) is 2.50. The molecule has 0 bridgehead atoms. The van der Waals surface area contributed by atoms with Gasteiger partial charge in [-0.1, -0.05) is 0 Å². The number of rotatable bonds is 0. The van der Waals surface area contributed by atoms with Crippen LogP contribution in [0, 0.1) is 0 Å². The van der Waals surface area contributed by atoms with E-state index in [4.69, 9.17) is 0 Å². The first-order valence-corrected chi connectivity index (χ1v) is 1.98. The van der Waals surface area contributed by atoms with E-state index in [1.165, 1.54) is 12.8 Å². The lowest BCUT2D eigenvalue weighted by Gasteiger charge is -1.67. The van der Waals surface area contributed by atoms with Gasteiger partial charge in [-0.15, -0.1) is 0 Å². The Morgan fingerprint density at radius 1 is 1.60 bits per heavy atom. The van der Waals surface area contributed by atoms with Gasteiger partial charge in [0.1, 0.15) is 0 Å². The molecule has 0 aromatic rings. The van der Waals surface area contributed by atoms with Crippen molar-refractivity contribution in [2.75, 3.05) is 6.54 Å². The maximum atomic E-state index is 3.96. The topological polar surface area (TPSA) is 12.4 Å². The fourth-order valence-corrected chi connectivity index (χ4v) is 0.456. The second-order valence-corrected chi connectivity index (χ2v) is 1.23. The van der Waals surface area contributed by atoms with Crippen molar-refractivity contribution < 1.29 is 0 Å². The van der Waals surface area contributed by atoms with Crippen molar-refractivity contribution in [2.24, 2.45) is 4.99 Å². The highest BCUT2D eigenvalue weighted by Crippen LogP contribution is 1.92. The summed E-state index contributed by atoms with van der Waals surface area (Å²) in [7, 11) is 0.